The van der Waals surface area contributed by atoms with Gasteiger partial charge in [0.2, 0.25) is 0 Å². The van der Waals surface area contributed by atoms with Gasteiger partial charge in [-0.15, -0.1) is 0 Å². The summed E-state index contributed by atoms with van der Waals surface area (Å²) >= 11 is 3.48. The number of hydrogen-bond donors (Lipinski definition) is 1. The molecule has 1 heterocycles. The van der Waals surface area contributed by atoms with E-state index >= 15 is 0 Å². The Morgan fingerprint density at radius 3 is 2.24 bits per heavy atom. The summed E-state index contributed by atoms with van der Waals surface area (Å²) in [6.07, 6.45) is 0. The van der Waals surface area contributed by atoms with E-state index in [1.165, 1.54) is 0 Å². The predicted octanol–water partition coefficient (Wildman–Crippen LogP) is 4.83. The molecule has 0 fully saturated rings. The predicted molar refractivity (Wildman–Crippen MR) is 122 cm³/mol. The van der Waals surface area contributed by atoms with Crippen LogP contribution in [0.2, 0.25) is 0 Å². The van der Waals surface area contributed by atoms with Gasteiger partial charge in [-0.1, -0.05) is 41.9 Å². The van der Waals surface area contributed by atoms with Gasteiger partial charge in [0, 0.05) is 34.6 Å². The minimum absolute atomic E-state index is 0.648. The smallest absolute Gasteiger partial charge is 0.162 e. The van der Waals surface area contributed by atoms with Crippen LogP contribution in [0.5, 0.6) is 11.5 Å². The van der Waals surface area contributed by atoms with Crippen molar-refractivity contribution in [3.8, 4) is 22.9 Å². The number of halogens is 1. The molecule has 29 heavy (non-hydrogen) atoms. The number of aromatic nitrogens is 2. The quantitative estimate of drug-likeness (QED) is 0.495. The first kappa shape index (κ1) is 21.3. The molecule has 154 valence electrons. The Hall–Kier alpha value is -2.38. The van der Waals surface area contributed by atoms with Crippen LogP contribution >= 0.6 is 15.9 Å². The first-order chi connectivity index (χ1) is 14.1. The van der Waals surface area contributed by atoms with E-state index in [1.807, 2.05) is 36.4 Å². The number of likely N-dealkylation sites (N-methyl/N-ethyl adjacent to an activating group) is 1. The molecule has 0 unspecified atom stereocenters. The van der Waals surface area contributed by atoms with Crippen molar-refractivity contribution in [1.29, 1.82) is 0 Å². The third-order valence-electron chi connectivity index (χ3n) is 4.92. The van der Waals surface area contributed by atoms with E-state index in [2.05, 4.69) is 40.0 Å². The largest absolute Gasteiger partial charge is 0.493 e. The number of hydrogen-bond acceptors (Lipinski definition) is 6. The maximum absolute atomic E-state index is 5.48. The lowest BCUT2D eigenvalue weighted by atomic mass is 10.1. The molecule has 0 spiro atoms. The Morgan fingerprint density at radius 1 is 0.966 bits per heavy atom. The first-order valence-electron chi connectivity index (χ1n) is 9.75. The molecule has 7 heteroatoms. The van der Waals surface area contributed by atoms with Gasteiger partial charge in [0.1, 0.15) is 5.82 Å². The minimum Gasteiger partial charge on any atom is -0.493 e. The van der Waals surface area contributed by atoms with Gasteiger partial charge < -0.3 is 19.7 Å². The van der Waals surface area contributed by atoms with Crippen molar-refractivity contribution in [3.05, 3.63) is 40.9 Å². The fourth-order valence-electron chi connectivity index (χ4n) is 3.19. The number of nitrogens with one attached hydrogen (secondary N) is 1. The van der Waals surface area contributed by atoms with Gasteiger partial charge in [-0.3, -0.25) is 0 Å². The number of ether oxygens (including phenoxy) is 2. The van der Waals surface area contributed by atoms with Crippen LogP contribution in [-0.4, -0.2) is 55.3 Å². The van der Waals surface area contributed by atoms with Crippen molar-refractivity contribution < 1.29 is 9.47 Å². The third-order valence-corrected chi connectivity index (χ3v) is 5.45. The molecule has 3 rings (SSSR count). The van der Waals surface area contributed by atoms with E-state index in [9.17, 15) is 0 Å². The summed E-state index contributed by atoms with van der Waals surface area (Å²) in [5.41, 5.74) is 1.76. The molecular weight excluding hydrogens is 432 g/mol. The fraction of sp³-hybridized carbons (Fsp3) is 0.364. The highest BCUT2D eigenvalue weighted by Crippen LogP contribution is 2.35. The molecule has 0 radical (unpaired) electrons. The molecule has 0 aliphatic rings. The number of methoxy groups -OCH3 is 2. The summed E-state index contributed by atoms with van der Waals surface area (Å²) in [4.78, 5) is 12.0. The van der Waals surface area contributed by atoms with Gasteiger partial charge in [-0.05, 0) is 31.3 Å². The zero-order valence-corrected chi connectivity index (χ0v) is 18.9. The third kappa shape index (κ3) is 4.97. The Bertz CT molecular complexity index is 959. The molecule has 0 aliphatic carbocycles. The van der Waals surface area contributed by atoms with Crippen LogP contribution in [0.4, 0.5) is 5.82 Å². The normalized spacial score (nSPS) is 11.1. The minimum atomic E-state index is 0.648. The molecule has 0 atom stereocenters. The van der Waals surface area contributed by atoms with Crippen molar-refractivity contribution in [2.24, 2.45) is 0 Å². The van der Waals surface area contributed by atoms with Gasteiger partial charge in [0.25, 0.3) is 0 Å². The monoisotopic (exact) mass is 458 g/mol. The average molecular weight is 459 g/mol. The van der Waals surface area contributed by atoms with Gasteiger partial charge in [0.05, 0.1) is 19.7 Å². The second-order valence-corrected chi connectivity index (χ2v) is 7.50. The maximum Gasteiger partial charge on any atom is 0.162 e. The van der Waals surface area contributed by atoms with Crippen molar-refractivity contribution in [3.63, 3.8) is 0 Å². The molecule has 6 nitrogen and oxygen atoms in total. The highest BCUT2D eigenvalue weighted by atomic mass is 79.9. The van der Waals surface area contributed by atoms with Crippen LogP contribution in [0.1, 0.15) is 13.8 Å². The lowest BCUT2D eigenvalue weighted by Gasteiger charge is -2.19. The van der Waals surface area contributed by atoms with Crippen LogP contribution in [0, 0.1) is 0 Å². The number of nitrogens with zero attached hydrogens (tertiary/aromatic N) is 3. The van der Waals surface area contributed by atoms with E-state index in [-0.39, 0.29) is 0 Å². The lowest BCUT2D eigenvalue weighted by molar-refractivity contribution is 0.316. The molecule has 3 aromatic rings. The molecule has 0 bridgehead atoms. The summed E-state index contributed by atoms with van der Waals surface area (Å²) in [7, 11) is 3.26. The van der Waals surface area contributed by atoms with Crippen LogP contribution in [-0.2, 0) is 0 Å². The first-order valence-corrected chi connectivity index (χ1v) is 10.5. The van der Waals surface area contributed by atoms with Crippen molar-refractivity contribution in [2.75, 3.05) is 45.7 Å². The fourth-order valence-corrected chi connectivity index (χ4v) is 3.46. The summed E-state index contributed by atoms with van der Waals surface area (Å²) in [6.45, 7) is 8.13. The van der Waals surface area contributed by atoms with Crippen molar-refractivity contribution in [1.82, 2.24) is 14.9 Å². The highest BCUT2D eigenvalue weighted by molar-refractivity contribution is 9.10. The zero-order valence-electron chi connectivity index (χ0n) is 17.3. The van der Waals surface area contributed by atoms with Gasteiger partial charge in [-0.25, -0.2) is 9.97 Å². The summed E-state index contributed by atoms with van der Waals surface area (Å²) < 4.78 is 12.0. The van der Waals surface area contributed by atoms with E-state index < -0.39 is 0 Å². The Labute approximate surface area is 180 Å². The van der Waals surface area contributed by atoms with Crippen molar-refractivity contribution in [2.45, 2.75) is 13.8 Å². The van der Waals surface area contributed by atoms with Crippen LogP contribution in [0.3, 0.4) is 0 Å². The number of rotatable bonds is 9. The van der Waals surface area contributed by atoms with E-state index in [0.717, 1.165) is 52.9 Å². The highest BCUT2D eigenvalue weighted by Gasteiger charge is 2.14. The van der Waals surface area contributed by atoms with Crippen LogP contribution in [0.25, 0.3) is 22.3 Å². The second kappa shape index (κ2) is 9.89. The molecule has 0 saturated carbocycles. The van der Waals surface area contributed by atoms with Crippen LogP contribution in [0.15, 0.2) is 40.9 Å². The number of anilines is 1. The Morgan fingerprint density at radius 2 is 1.62 bits per heavy atom. The van der Waals surface area contributed by atoms with Gasteiger partial charge in [0.15, 0.2) is 17.3 Å². The van der Waals surface area contributed by atoms with Gasteiger partial charge in [-0.2, -0.15) is 0 Å². The molecule has 0 amide bonds. The maximum atomic E-state index is 5.48. The average Bonchev–Trinajstić information content (AvgIpc) is 2.76. The van der Waals surface area contributed by atoms with E-state index in [4.69, 9.17) is 19.4 Å². The number of benzene rings is 2. The molecule has 1 aromatic heterocycles. The molecule has 2 aromatic carbocycles. The molecule has 0 aliphatic heterocycles. The molecular formula is C22H27BrN4O2. The summed E-state index contributed by atoms with van der Waals surface area (Å²) in [5.74, 6) is 2.77. The molecule has 0 saturated heterocycles. The second-order valence-electron chi connectivity index (χ2n) is 6.58. The van der Waals surface area contributed by atoms with Crippen LogP contribution < -0.4 is 14.8 Å². The Balaban J connectivity index is 2.05. The lowest BCUT2D eigenvalue weighted by Crippen LogP contribution is -2.28. The standard InChI is InChI=1S/C22H27BrN4O2/c1-5-27(6-2)12-11-24-22-17-13-19(28-3)20(29-4)14-18(17)25-21(26-22)15-7-9-16(23)10-8-15/h7-10,13-14H,5-6,11-12H2,1-4H3,(H,24,25,26). The number of fused-ring (bicyclic) bond motifs is 1. The summed E-state index contributed by atoms with van der Waals surface area (Å²) in [5, 5.41) is 4.40. The molecule has 1 N–H and O–H groups in total. The summed E-state index contributed by atoms with van der Waals surface area (Å²) in [6, 6.07) is 11.8. The van der Waals surface area contributed by atoms with Gasteiger partial charge >= 0.3 is 0 Å². The SMILES string of the molecule is CCN(CC)CCNc1nc(-c2ccc(Br)cc2)nc2cc(OC)c(OC)cc12. The Kier molecular flexibility index (Phi) is 7.28. The van der Waals surface area contributed by atoms with E-state index in [1.54, 1.807) is 14.2 Å². The zero-order chi connectivity index (χ0) is 20.8. The van der Waals surface area contributed by atoms with Crippen molar-refractivity contribution >= 4 is 32.7 Å². The van der Waals surface area contributed by atoms with E-state index in [0.29, 0.717) is 17.3 Å². The topological polar surface area (TPSA) is 59.5 Å².